The Morgan fingerprint density at radius 3 is 2.61 bits per heavy atom. The van der Waals surface area contributed by atoms with Crippen LogP contribution in [0.2, 0.25) is 5.15 Å². The van der Waals surface area contributed by atoms with Crippen molar-refractivity contribution in [3.8, 4) is 5.75 Å². The van der Waals surface area contributed by atoms with Crippen LogP contribution >= 0.6 is 27.5 Å². The molecule has 1 N–H and O–H groups in total. The molecule has 0 amide bonds. The fraction of sp³-hybridized carbons (Fsp3) is 0.267. The molecule has 0 aliphatic carbocycles. The monoisotopic (exact) mass is 418 g/mol. The quantitative estimate of drug-likeness (QED) is 0.531. The van der Waals surface area contributed by atoms with Gasteiger partial charge in [0.1, 0.15) is 15.8 Å². The molecular weight excluding hydrogens is 404 g/mol. The lowest BCUT2D eigenvalue weighted by Crippen LogP contribution is -2.13. The van der Waals surface area contributed by atoms with Gasteiger partial charge < -0.3 is 4.74 Å². The lowest BCUT2D eigenvalue weighted by atomic mass is 10.3. The number of rotatable bonds is 7. The number of anilines is 1. The normalized spacial score (nSPS) is 11.3. The van der Waals surface area contributed by atoms with E-state index in [4.69, 9.17) is 16.3 Å². The highest BCUT2D eigenvalue weighted by Crippen LogP contribution is 2.24. The maximum Gasteiger partial charge on any atom is 0.263 e. The van der Waals surface area contributed by atoms with Crippen LogP contribution in [0.1, 0.15) is 19.8 Å². The average Bonchev–Trinajstić information content (AvgIpc) is 2.51. The Labute approximate surface area is 149 Å². The predicted molar refractivity (Wildman–Crippen MR) is 94.6 cm³/mol. The van der Waals surface area contributed by atoms with Crippen LogP contribution in [0.4, 0.5) is 5.69 Å². The molecule has 0 bridgehead atoms. The molecule has 0 saturated carbocycles. The van der Waals surface area contributed by atoms with Crippen LogP contribution in [-0.4, -0.2) is 20.0 Å². The first kappa shape index (κ1) is 18.0. The van der Waals surface area contributed by atoms with E-state index in [0.717, 1.165) is 12.8 Å². The fourth-order valence-electron chi connectivity index (χ4n) is 1.72. The van der Waals surface area contributed by atoms with Crippen molar-refractivity contribution in [2.45, 2.75) is 24.7 Å². The SMILES string of the molecule is CCCCOc1ccc(NS(=O)(=O)c2cnc(Cl)c(Br)c2)cc1. The molecule has 23 heavy (non-hydrogen) atoms. The highest BCUT2D eigenvalue weighted by atomic mass is 79.9. The van der Waals surface area contributed by atoms with Crippen molar-refractivity contribution < 1.29 is 13.2 Å². The van der Waals surface area contributed by atoms with Gasteiger partial charge in [-0.05, 0) is 52.7 Å². The Bertz CT molecular complexity index is 767. The van der Waals surface area contributed by atoms with E-state index in [0.29, 0.717) is 22.5 Å². The zero-order valence-electron chi connectivity index (χ0n) is 12.4. The highest BCUT2D eigenvalue weighted by Gasteiger charge is 2.16. The lowest BCUT2D eigenvalue weighted by molar-refractivity contribution is 0.309. The summed E-state index contributed by atoms with van der Waals surface area (Å²) in [4.78, 5) is 3.85. The van der Waals surface area contributed by atoms with E-state index < -0.39 is 10.0 Å². The minimum absolute atomic E-state index is 0.0250. The molecular formula is C15H16BrClN2O3S. The fourth-order valence-corrected chi connectivity index (χ4v) is 3.35. The summed E-state index contributed by atoms with van der Waals surface area (Å²) in [7, 11) is -3.73. The van der Waals surface area contributed by atoms with E-state index in [1.165, 1.54) is 12.3 Å². The Kier molecular flexibility index (Phi) is 6.26. The molecule has 0 aliphatic rings. The zero-order chi connectivity index (χ0) is 16.9. The zero-order valence-corrected chi connectivity index (χ0v) is 15.6. The van der Waals surface area contributed by atoms with Gasteiger partial charge in [0.2, 0.25) is 0 Å². The molecule has 2 rings (SSSR count). The Balaban J connectivity index is 2.09. The van der Waals surface area contributed by atoms with Crippen LogP contribution in [0.5, 0.6) is 5.75 Å². The molecule has 0 saturated heterocycles. The Morgan fingerprint density at radius 2 is 2.00 bits per heavy atom. The average molecular weight is 420 g/mol. The second-order valence-electron chi connectivity index (χ2n) is 4.78. The number of unbranched alkanes of at least 4 members (excludes halogenated alkanes) is 1. The topological polar surface area (TPSA) is 68.3 Å². The Morgan fingerprint density at radius 1 is 1.30 bits per heavy atom. The van der Waals surface area contributed by atoms with Crippen LogP contribution in [-0.2, 0) is 10.0 Å². The second kappa shape index (κ2) is 7.99. The van der Waals surface area contributed by atoms with Crippen molar-refractivity contribution in [3.05, 3.63) is 46.2 Å². The van der Waals surface area contributed by atoms with Crippen LogP contribution in [0.3, 0.4) is 0 Å². The predicted octanol–water partition coefficient (Wildman–Crippen LogP) is 4.48. The van der Waals surface area contributed by atoms with Gasteiger partial charge in [-0.15, -0.1) is 0 Å². The number of ether oxygens (including phenoxy) is 1. The first-order valence-corrected chi connectivity index (χ1v) is 9.64. The van der Waals surface area contributed by atoms with Gasteiger partial charge in [0, 0.05) is 11.9 Å². The third kappa shape index (κ3) is 5.09. The van der Waals surface area contributed by atoms with E-state index in [-0.39, 0.29) is 10.0 Å². The summed E-state index contributed by atoms with van der Waals surface area (Å²) in [5.41, 5.74) is 0.443. The number of nitrogens with one attached hydrogen (secondary N) is 1. The molecule has 2 aromatic rings. The van der Waals surface area contributed by atoms with Gasteiger partial charge in [-0.2, -0.15) is 0 Å². The lowest BCUT2D eigenvalue weighted by Gasteiger charge is -2.10. The maximum absolute atomic E-state index is 12.3. The summed E-state index contributed by atoms with van der Waals surface area (Å²) in [5, 5.41) is 0.206. The molecule has 1 heterocycles. The number of sulfonamides is 1. The number of hydrogen-bond acceptors (Lipinski definition) is 4. The van der Waals surface area contributed by atoms with Gasteiger partial charge in [-0.1, -0.05) is 24.9 Å². The van der Waals surface area contributed by atoms with Crippen LogP contribution in [0.15, 0.2) is 45.9 Å². The molecule has 0 radical (unpaired) electrons. The number of benzene rings is 1. The first-order valence-electron chi connectivity index (χ1n) is 6.99. The Hall–Kier alpha value is -1.31. The summed E-state index contributed by atoms with van der Waals surface area (Å²) in [6.07, 6.45) is 3.24. The standard InChI is InChI=1S/C15H16BrClN2O3S/c1-2-3-8-22-12-6-4-11(5-7-12)19-23(20,21)13-9-14(16)15(17)18-10-13/h4-7,9-10,19H,2-3,8H2,1H3. The van der Waals surface area contributed by atoms with Crippen molar-refractivity contribution in [1.82, 2.24) is 4.98 Å². The third-order valence-electron chi connectivity index (χ3n) is 2.95. The smallest absolute Gasteiger partial charge is 0.263 e. The van der Waals surface area contributed by atoms with Crippen molar-refractivity contribution in [3.63, 3.8) is 0 Å². The number of halogens is 2. The van der Waals surface area contributed by atoms with Gasteiger partial charge in [0.15, 0.2) is 0 Å². The van der Waals surface area contributed by atoms with Gasteiger partial charge >= 0.3 is 0 Å². The molecule has 0 atom stereocenters. The largest absolute Gasteiger partial charge is 0.494 e. The summed E-state index contributed by atoms with van der Waals surface area (Å²) >= 11 is 8.93. The van der Waals surface area contributed by atoms with Gasteiger partial charge in [-0.25, -0.2) is 13.4 Å². The molecule has 0 fully saturated rings. The van der Waals surface area contributed by atoms with E-state index in [1.807, 2.05) is 0 Å². The summed E-state index contributed by atoms with van der Waals surface area (Å²) in [6.45, 7) is 2.73. The van der Waals surface area contributed by atoms with E-state index in [1.54, 1.807) is 24.3 Å². The molecule has 8 heteroatoms. The van der Waals surface area contributed by atoms with E-state index in [9.17, 15) is 8.42 Å². The highest BCUT2D eigenvalue weighted by molar-refractivity contribution is 9.10. The molecule has 0 unspecified atom stereocenters. The van der Waals surface area contributed by atoms with Crippen molar-refractivity contribution in [2.75, 3.05) is 11.3 Å². The number of nitrogens with zero attached hydrogens (tertiary/aromatic N) is 1. The van der Waals surface area contributed by atoms with E-state index >= 15 is 0 Å². The van der Waals surface area contributed by atoms with Crippen LogP contribution < -0.4 is 9.46 Å². The van der Waals surface area contributed by atoms with Crippen LogP contribution in [0.25, 0.3) is 0 Å². The molecule has 124 valence electrons. The van der Waals surface area contributed by atoms with Gasteiger partial charge in [0.25, 0.3) is 10.0 Å². The molecule has 0 spiro atoms. The summed E-state index contributed by atoms with van der Waals surface area (Å²) in [6, 6.07) is 8.15. The summed E-state index contributed by atoms with van der Waals surface area (Å²) < 4.78 is 33.1. The molecule has 1 aromatic carbocycles. The second-order valence-corrected chi connectivity index (χ2v) is 7.67. The maximum atomic E-state index is 12.3. The minimum Gasteiger partial charge on any atom is -0.494 e. The minimum atomic E-state index is -3.73. The van der Waals surface area contributed by atoms with Crippen molar-refractivity contribution in [1.29, 1.82) is 0 Å². The number of aromatic nitrogens is 1. The van der Waals surface area contributed by atoms with Gasteiger partial charge in [0.05, 0.1) is 11.1 Å². The first-order chi connectivity index (χ1) is 10.9. The van der Waals surface area contributed by atoms with E-state index in [2.05, 4.69) is 32.6 Å². The number of hydrogen-bond donors (Lipinski definition) is 1. The third-order valence-corrected chi connectivity index (χ3v) is 5.44. The summed E-state index contributed by atoms with van der Waals surface area (Å²) in [5.74, 6) is 0.706. The van der Waals surface area contributed by atoms with Gasteiger partial charge in [-0.3, -0.25) is 4.72 Å². The van der Waals surface area contributed by atoms with Crippen molar-refractivity contribution >= 4 is 43.2 Å². The molecule has 1 aromatic heterocycles. The molecule has 5 nitrogen and oxygen atoms in total. The van der Waals surface area contributed by atoms with Crippen LogP contribution in [0, 0.1) is 0 Å². The van der Waals surface area contributed by atoms with Crippen molar-refractivity contribution in [2.24, 2.45) is 0 Å². The number of pyridine rings is 1. The molecule has 0 aliphatic heterocycles.